The Labute approximate surface area is 183 Å². The average Bonchev–Trinajstić information content (AvgIpc) is 3.21. The maximum Gasteiger partial charge on any atom is 0.387 e. The lowest BCUT2D eigenvalue weighted by atomic mass is 9.85. The number of methoxy groups -OCH3 is 1. The molecule has 1 aromatic carbocycles. The molecule has 0 spiro atoms. The van der Waals surface area contributed by atoms with Gasteiger partial charge < -0.3 is 25.0 Å². The summed E-state index contributed by atoms with van der Waals surface area (Å²) in [5.74, 6) is 1.05. The van der Waals surface area contributed by atoms with Gasteiger partial charge in [0.25, 0.3) is 0 Å². The van der Waals surface area contributed by atoms with E-state index in [0.717, 1.165) is 31.2 Å². The Morgan fingerprint density at radius 3 is 2.52 bits per heavy atom. The van der Waals surface area contributed by atoms with Crippen molar-refractivity contribution in [2.75, 3.05) is 40.8 Å². The molecule has 0 saturated heterocycles. The van der Waals surface area contributed by atoms with Gasteiger partial charge >= 0.3 is 6.61 Å². The van der Waals surface area contributed by atoms with Crippen molar-refractivity contribution >= 4 is 11.9 Å². The number of alkyl halides is 2. The molecule has 0 unspecified atom stereocenters. The number of benzene rings is 1. The Balaban J connectivity index is 2.01. The van der Waals surface area contributed by atoms with Gasteiger partial charge in [-0.2, -0.15) is 8.78 Å². The van der Waals surface area contributed by atoms with Gasteiger partial charge in [0.1, 0.15) is 0 Å². The molecule has 1 saturated carbocycles. The molecule has 0 radical (unpaired) electrons. The Morgan fingerprint density at radius 1 is 1.23 bits per heavy atom. The van der Waals surface area contributed by atoms with Crippen LogP contribution in [0.25, 0.3) is 0 Å². The van der Waals surface area contributed by atoms with Crippen molar-refractivity contribution in [3.63, 3.8) is 0 Å². The fourth-order valence-electron chi connectivity index (χ4n) is 3.93. The van der Waals surface area contributed by atoms with Gasteiger partial charge in [-0.25, -0.2) is 0 Å². The first-order chi connectivity index (χ1) is 14.8. The van der Waals surface area contributed by atoms with Crippen LogP contribution >= 0.6 is 0 Å². The van der Waals surface area contributed by atoms with Crippen LogP contribution in [0.15, 0.2) is 23.2 Å². The second kappa shape index (κ2) is 11.7. The normalized spacial score (nSPS) is 15.6. The molecule has 1 aliphatic rings. The van der Waals surface area contributed by atoms with Crippen molar-refractivity contribution in [3.8, 4) is 11.5 Å². The first-order valence-corrected chi connectivity index (χ1v) is 10.7. The number of rotatable bonds is 10. The molecule has 0 atom stereocenters. The Hall–Kier alpha value is -2.58. The van der Waals surface area contributed by atoms with Gasteiger partial charge in [0.05, 0.1) is 19.1 Å². The number of ether oxygens (including phenoxy) is 2. The van der Waals surface area contributed by atoms with E-state index in [1.54, 1.807) is 31.1 Å². The second-order valence-electron chi connectivity index (χ2n) is 7.92. The first-order valence-electron chi connectivity index (χ1n) is 10.7. The van der Waals surface area contributed by atoms with Crippen molar-refractivity contribution in [1.29, 1.82) is 0 Å². The van der Waals surface area contributed by atoms with Gasteiger partial charge in [0.2, 0.25) is 5.91 Å². The van der Waals surface area contributed by atoms with Crippen LogP contribution in [-0.4, -0.2) is 64.2 Å². The smallest absolute Gasteiger partial charge is 0.387 e. The number of carbonyl (C=O) groups excluding carboxylic acids is 1. The number of halogens is 2. The minimum absolute atomic E-state index is 0.0148. The molecule has 9 heteroatoms. The molecule has 0 aromatic heterocycles. The van der Waals surface area contributed by atoms with E-state index >= 15 is 0 Å². The Kier molecular flexibility index (Phi) is 9.33. The molecule has 31 heavy (non-hydrogen) atoms. The highest BCUT2D eigenvalue weighted by molar-refractivity contribution is 5.84. The largest absolute Gasteiger partial charge is 0.493 e. The number of nitrogens with zero attached hydrogens (tertiary/aromatic N) is 2. The van der Waals surface area contributed by atoms with E-state index in [9.17, 15) is 13.6 Å². The summed E-state index contributed by atoms with van der Waals surface area (Å²) in [6, 6.07) is 4.98. The molecule has 0 heterocycles. The SMILES string of the molecule is CCNC(=NCC1(C(=O)N(C)C)CCCC1)NCCc1ccc(OC)c(OC(F)F)c1. The number of nitrogens with one attached hydrogen (secondary N) is 2. The quantitative estimate of drug-likeness (QED) is 0.432. The lowest BCUT2D eigenvalue weighted by molar-refractivity contribution is -0.138. The van der Waals surface area contributed by atoms with Crippen molar-refractivity contribution in [1.82, 2.24) is 15.5 Å². The number of hydrogen-bond acceptors (Lipinski definition) is 4. The molecular formula is C22H34F2N4O3. The zero-order valence-electron chi connectivity index (χ0n) is 18.8. The lowest BCUT2D eigenvalue weighted by Gasteiger charge is -2.29. The number of carbonyl (C=O) groups is 1. The summed E-state index contributed by atoms with van der Waals surface area (Å²) >= 11 is 0. The average molecular weight is 441 g/mol. The van der Waals surface area contributed by atoms with Gasteiger partial charge in [-0.1, -0.05) is 18.9 Å². The highest BCUT2D eigenvalue weighted by Crippen LogP contribution is 2.39. The van der Waals surface area contributed by atoms with E-state index in [1.165, 1.54) is 7.11 Å². The molecule has 2 N–H and O–H groups in total. The second-order valence-corrected chi connectivity index (χ2v) is 7.92. The Morgan fingerprint density at radius 2 is 1.94 bits per heavy atom. The van der Waals surface area contributed by atoms with Crippen LogP contribution in [0.4, 0.5) is 8.78 Å². The van der Waals surface area contributed by atoms with E-state index in [2.05, 4.69) is 20.4 Å². The van der Waals surface area contributed by atoms with Crippen molar-refractivity contribution < 1.29 is 23.0 Å². The van der Waals surface area contributed by atoms with Gasteiger partial charge in [-0.3, -0.25) is 9.79 Å². The fraction of sp³-hybridized carbons (Fsp3) is 0.636. The summed E-state index contributed by atoms with van der Waals surface area (Å²) in [5, 5.41) is 6.47. The van der Waals surface area contributed by atoms with Gasteiger partial charge in [0, 0.05) is 27.2 Å². The molecule has 1 aliphatic carbocycles. The zero-order valence-corrected chi connectivity index (χ0v) is 18.8. The topological polar surface area (TPSA) is 75.2 Å². The third-order valence-corrected chi connectivity index (χ3v) is 5.45. The summed E-state index contributed by atoms with van der Waals surface area (Å²) in [7, 11) is 4.99. The van der Waals surface area contributed by atoms with Crippen LogP contribution in [0.3, 0.4) is 0 Å². The standard InChI is InChI=1S/C22H34F2N4O3/c1-5-25-21(27-15-22(11-6-7-12-22)19(29)28(2)3)26-13-10-16-8-9-17(30-4)18(14-16)31-20(23)24/h8-9,14,20H,5-7,10-13,15H2,1-4H3,(H2,25,26,27). The van der Waals surface area contributed by atoms with E-state index in [-0.39, 0.29) is 17.4 Å². The van der Waals surface area contributed by atoms with E-state index in [4.69, 9.17) is 4.74 Å². The summed E-state index contributed by atoms with van der Waals surface area (Å²) in [6.07, 6.45) is 4.37. The summed E-state index contributed by atoms with van der Waals surface area (Å²) in [4.78, 5) is 19.1. The van der Waals surface area contributed by atoms with Gasteiger partial charge in [-0.15, -0.1) is 0 Å². The van der Waals surface area contributed by atoms with Crippen LogP contribution in [0.1, 0.15) is 38.2 Å². The van der Waals surface area contributed by atoms with Crippen molar-refractivity contribution in [3.05, 3.63) is 23.8 Å². The van der Waals surface area contributed by atoms with Gasteiger partial charge in [-0.05, 0) is 43.9 Å². The molecule has 1 amide bonds. The van der Waals surface area contributed by atoms with E-state index < -0.39 is 12.0 Å². The van der Waals surface area contributed by atoms with Crippen LogP contribution in [0.2, 0.25) is 0 Å². The highest BCUT2D eigenvalue weighted by Gasteiger charge is 2.42. The molecule has 2 rings (SSSR count). The molecule has 0 aliphatic heterocycles. The summed E-state index contributed by atoms with van der Waals surface area (Å²) in [6.45, 7) is 0.734. The Bertz CT molecular complexity index is 750. The van der Waals surface area contributed by atoms with Crippen molar-refractivity contribution in [2.45, 2.75) is 45.6 Å². The molecule has 1 aromatic rings. The molecule has 0 bridgehead atoms. The minimum atomic E-state index is -2.91. The third-order valence-electron chi connectivity index (χ3n) is 5.45. The third kappa shape index (κ3) is 6.97. The van der Waals surface area contributed by atoms with Crippen LogP contribution in [0.5, 0.6) is 11.5 Å². The van der Waals surface area contributed by atoms with E-state index in [0.29, 0.717) is 32.0 Å². The molecular weight excluding hydrogens is 406 g/mol. The fourth-order valence-corrected chi connectivity index (χ4v) is 3.93. The number of aliphatic imine (C=N–C) groups is 1. The molecule has 7 nitrogen and oxygen atoms in total. The number of hydrogen-bond donors (Lipinski definition) is 2. The van der Waals surface area contributed by atoms with E-state index in [1.807, 2.05) is 13.0 Å². The maximum absolute atomic E-state index is 12.7. The monoisotopic (exact) mass is 440 g/mol. The van der Waals surface area contributed by atoms with Crippen LogP contribution in [0, 0.1) is 5.41 Å². The summed E-state index contributed by atoms with van der Waals surface area (Å²) in [5.41, 5.74) is 0.401. The lowest BCUT2D eigenvalue weighted by Crippen LogP contribution is -2.43. The van der Waals surface area contributed by atoms with Crippen LogP contribution in [-0.2, 0) is 11.2 Å². The highest BCUT2D eigenvalue weighted by atomic mass is 19.3. The summed E-state index contributed by atoms with van der Waals surface area (Å²) < 4.78 is 34.8. The zero-order chi connectivity index (χ0) is 22.9. The molecule has 1 fully saturated rings. The number of amides is 1. The first kappa shape index (κ1) is 24.7. The van der Waals surface area contributed by atoms with Crippen LogP contribution < -0.4 is 20.1 Å². The maximum atomic E-state index is 12.7. The minimum Gasteiger partial charge on any atom is -0.493 e. The predicted octanol–water partition coefficient (Wildman–Crippen LogP) is 3.04. The predicted molar refractivity (Wildman–Crippen MR) is 117 cm³/mol. The van der Waals surface area contributed by atoms with Crippen molar-refractivity contribution in [2.24, 2.45) is 10.4 Å². The van der Waals surface area contributed by atoms with Gasteiger partial charge in [0.15, 0.2) is 17.5 Å². The molecule has 174 valence electrons. The number of guanidine groups is 1.